The lowest BCUT2D eigenvalue weighted by atomic mass is 10.2. The topological polar surface area (TPSA) is 40.9 Å². The summed E-state index contributed by atoms with van der Waals surface area (Å²) in [6, 6.07) is 0. The standard InChI is InChI=1S/C5H3F6NO/c6-4(7,8)2(12)1-3(13)5(9,10)11/h12H,1H2. The highest BCUT2D eigenvalue weighted by atomic mass is 19.4. The summed E-state index contributed by atoms with van der Waals surface area (Å²) in [7, 11) is 0. The van der Waals surface area contributed by atoms with Crippen LogP contribution in [0.3, 0.4) is 0 Å². The van der Waals surface area contributed by atoms with Gasteiger partial charge in [0.1, 0.15) is 5.71 Å². The van der Waals surface area contributed by atoms with Crippen molar-refractivity contribution in [3.05, 3.63) is 0 Å². The third-order valence-corrected chi connectivity index (χ3v) is 0.996. The van der Waals surface area contributed by atoms with E-state index in [9.17, 15) is 31.1 Å². The Labute approximate surface area is 68.0 Å². The molecule has 13 heavy (non-hydrogen) atoms. The number of Topliss-reactive ketones (excluding diaryl/α,β-unsaturated/α-hetero) is 1. The van der Waals surface area contributed by atoms with Gasteiger partial charge in [0.25, 0.3) is 0 Å². The summed E-state index contributed by atoms with van der Waals surface area (Å²) in [6.07, 6.45) is -12.5. The third kappa shape index (κ3) is 3.90. The van der Waals surface area contributed by atoms with Crippen molar-refractivity contribution >= 4 is 11.5 Å². The fourth-order valence-electron chi connectivity index (χ4n) is 0.361. The fraction of sp³-hybridized carbons (Fsp3) is 0.600. The van der Waals surface area contributed by atoms with Crippen LogP contribution < -0.4 is 0 Å². The number of alkyl halides is 6. The zero-order valence-electron chi connectivity index (χ0n) is 5.88. The second-order valence-corrected chi connectivity index (χ2v) is 2.07. The summed E-state index contributed by atoms with van der Waals surface area (Å²) < 4.78 is 68.5. The van der Waals surface area contributed by atoms with Gasteiger partial charge in [-0.3, -0.25) is 4.79 Å². The van der Waals surface area contributed by atoms with Crippen LogP contribution in [0.5, 0.6) is 0 Å². The Morgan fingerprint density at radius 1 is 1.00 bits per heavy atom. The van der Waals surface area contributed by atoms with E-state index in [1.54, 1.807) is 0 Å². The van der Waals surface area contributed by atoms with Gasteiger partial charge in [-0.15, -0.1) is 0 Å². The van der Waals surface area contributed by atoms with Crippen molar-refractivity contribution in [2.24, 2.45) is 0 Å². The van der Waals surface area contributed by atoms with E-state index in [-0.39, 0.29) is 0 Å². The van der Waals surface area contributed by atoms with Crippen molar-refractivity contribution in [3.8, 4) is 0 Å². The van der Waals surface area contributed by atoms with Gasteiger partial charge in [-0.05, 0) is 0 Å². The highest BCUT2D eigenvalue weighted by Gasteiger charge is 2.43. The number of rotatable bonds is 2. The molecule has 0 aliphatic rings. The number of hydrogen-bond donors (Lipinski definition) is 1. The molecule has 0 amide bonds. The summed E-state index contributed by atoms with van der Waals surface area (Å²) >= 11 is 0. The van der Waals surface area contributed by atoms with Gasteiger partial charge < -0.3 is 5.41 Å². The summed E-state index contributed by atoms with van der Waals surface area (Å²) in [5, 5.41) is 6.10. The minimum Gasteiger partial charge on any atom is -0.300 e. The lowest BCUT2D eigenvalue weighted by Crippen LogP contribution is -2.31. The van der Waals surface area contributed by atoms with Crippen molar-refractivity contribution in [2.45, 2.75) is 18.8 Å². The van der Waals surface area contributed by atoms with E-state index in [1.165, 1.54) is 0 Å². The first-order chi connectivity index (χ1) is 5.55. The van der Waals surface area contributed by atoms with Gasteiger partial charge in [-0.1, -0.05) is 0 Å². The Hall–Kier alpha value is -1.08. The molecule has 0 atom stereocenters. The molecule has 0 spiro atoms. The van der Waals surface area contributed by atoms with Crippen LogP contribution in [-0.4, -0.2) is 23.8 Å². The minimum absolute atomic E-state index is 1.97. The summed E-state index contributed by atoms with van der Waals surface area (Å²) in [5.74, 6) is -2.57. The number of halogens is 6. The monoisotopic (exact) mass is 207 g/mol. The van der Waals surface area contributed by atoms with E-state index in [0.717, 1.165) is 0 Å². The Kier molecular flexibility index (Phi) is 3.07. The quantitative estimate of drug-likeness (QED) is 0.546. The molecule has 0 heterocycles. The maximum atomic E-state index is 11.5. The lowest BCUT2D eigenvalue weighted by molar-refractivity contribution is -0.170. The second kappa shape index (κ2) is 3.35. The number of ketones is 1. The molecule has 0 unspecified atom stereocenters. The van der Waals surface area contributed by atoms with E-state index in [0.29, 0.717) is 0 Å². The van der Waals surface area contributed by atoms with Gasteiger partial charge in [0.15, 0.2) is 0 Å². The van der Waals surface area contributed by atoms with E-state index in [2.05, 4.69) is 0 Å². The molecule has 0 aliphatic heterocycles. The summed E-state index contributed by atoms with van der Waals surface area (Å²) in [5.41, 5.74) is -2.20. The average molecular weight is 207 g/mol. The van der Waals surface area contributed by atoms with Crippen molar-refractivity contribution in [3.63, 3.8) is 0 Å². The van der Waals surface area contributed by atoms with Crippen LogP contribution in [0.2, 0.25) is 0 Å². The molecule has 0 aromatic carbocycles. The van der Waals surface area contributed by atoms with Gasteiger partial charge in [0.2, 0.25) is 5.78 Å². The van der Waals surface area contributed by atoms with Gasteiger partial charge >= 0.3 is 12.4 Å². The summed E-state index contributed by atoms with van der Waals surface area (Å²) in [4.78, 5) is 9.96. The number of hydrogen-bond acceptors (Lipinski definition) is 2. The SMILES string of the molecule is N=C(CC(=O)C(F)(F)F)C(F)(F)F. The van der Waals surface area contributed by atoms with Crippen LogP contribution in [0.1, 0.15) is 6.42 Å². The van der Waals surface area contributed by atoms with Crippen LogP contribution in [0.15, 0.2) is 0 Å². The molecule has 0 aliphatic carbocycles. The van der Waals surface area contributed by atoms with Crippen LogP contribution in [-0.2, 0) is 4.79 Å². The molecule has 8 heteroatoms. The highest BCUT2D eigenvalue weighted by molar-refractivity contribution is 6.05. The maximum Gasteiger partial charge on any atom is 0.450 e. The smallest absolute Gasteiger partial charge is 0.300 e. The van der Waals surface area contributed by atoms with Crippen LogP contribution in [0.4, 0.5) is 26.3 Å². The fourth-order valence-corrected chi connectivity index (χ4v) is 0.361. The van der Waals surface area contributed by atoms with Crippen molar-refractivity contribution in [1.82, 2.24) is 0 Å². The van der Waals surface area contributed by atoms with E-state index in [1.807, 2.05) is 0 Å². The summed E-state index contributed by atoms with van der Waals surface area (Å²) in [6.45, 7) is 0. The zero-order valence-corrected chi connectivity index (χ0v) is 5.88. The van der Waals surface area contributed by atoms with Crippen LogP contribution in [0.25, 0.3) is 0 Å². The van der Waals surface area contributed by atoms with E-state index >= 15 is 0 Å². The van der Waals surface area contributed by atoms with E-state index < -0.39 is 30.3 Å². The molecular weight excluding hydrogens is 204 g/mol. The predicted molar refractivity (Wildman–Crippen MR) is 29.5 cm³/mol. The Morgan fingerprint density at radius 3 is 1.62 bits per heavy atom. The molecule has 0 radical (unpaired) electrons. The Morgan fingerprint density at radius 2 is 1.38 bits per heavy atom. The zero-order chi connectivity index (χ0) is 10.9. The molecule has 0 bridgehead atoms. The molecule has 76 valence electrons. The van der Waals surface area contributed by atoms with Crippen molar-refractivity contribution in [2.75, 3.05) is 0 Å². The van der Waals surface area contributed by atoms with Crippen LogP contribution in [0, 0.1) is 5.41 Å². The normalized spacial score (nSPS) is 12.8. The number of carbonyl (C=O) groups is 1. The predicted octanol–water partition coefficient (Wildman–Crippen LogP) is 2.09. The highest BCUT2D eigenvalue weighted by Crippen LogP contribution is 2.23. The molecule has 2 nitrogen and oxygen atoms in total. The van der Waals surface area contributed by atoms with Gasteiger partial charge in [0.05, 0.1) is 6.42 Å². The maximum absolute atomic E-state index is 11.5. The Balaban J connectivity index is 4.34. The first kappa shape index (κ1) is 11.9. The molecular formula is C5H3F6NO. The minimum atomic E-state index is -5.32. The first-order valence-corrected chi connectivity index (χ1v) is 2.80. The first-order valence-electron chi connectivity index (χ1n) is 2.80. The van der Waals surface area contributed by atoms with Crippen molar-refractivity contribution < 1.29 is 31.1 Å². The van der Waals surface area contributed by atoms with E-state index in [4.69, 9.17) is 5.41 Å². The van der Waals surface area contributed by atoms with Gasteiger partial charge in [-0.2, -0.15) is 26.3 Å². The molecule has 0 saturated heterocycles. The molecule has 1 N–H and O–H groups in total. The second-order valence-electron chi connectivity index (χ2n) is 2.07. The third-order valence-electron chi connectivity index (χ3n) is 0.996. The Bertz CT molecular complexity index is 202. The molecule has 0 rings (SSSR count). The van der Waals surface area contributed by atoms with Gasteiger partial charge in [-0.25, -0.2) is 0 Å². The van der Waals surface area contributed by atoms with Crippen LogP contribution >= 0.6 is 0 Å². The molecule has 0 aromatic heterocycles. The van der Waals surface area contributed by atoms with Crippen molar-refractivity contribution in [1.29, 1.82) is 5.41 Å². The largest absolute Gasteiger partial charge is 0.450 e. The number of nitrogens with one attached hydrogen (secondary N) is 1. The average Bonchev–Trinajstić information content (AvgIpc) is 1.82. The molecule has 0 saturated carbocycles. The molecule has 0 aromatic rings. The number of carbonyl (C=O) groups excluding carboxylic acids is 1. The van der Waals surface area contributed by atoms with Gasteiger partial charge in [0, 0.05) is 0 Å². The lowest BCUT2D eigenvalue weighted by Gasteiger charge is -2.08. The molecule has 0 fully saturated rings.